The fourth-order valence-corrected chi connectivity index (χ4v) is 2.66. The molecule has 0 aliphatic heterocycles. The maximum atomic E-state index is 13.1. The second-order valence-corrected chi connectivity index (χ2v) is 5.96. The number of halogens is 1. The Balaban J connectivity index is 1.63. The molecule has 0 unspecified atom stereocenters. The Bertz CT molecular complexity index is 1210. The quantitative estimate of drug-likeness (QED) is 0.603. The molecule has 27 heavy (non-hydrogen) atoms. The van der Waals surface area contributed by atoms with Crippen LogP contribution in [-0.4, -0.2) is 25.4 Å². The van der Waals surface area contributed by atoms with E-state index in [-0.39, 0.29) is 11.4 Å². The average Bonchev–Trinajstić information content (AvgIpc) is 3.13. The van der Waals surface area contributed by atoms with Gasteiger partial charge in [-0.2, -0.15) is 0 Å². The molecule has 1 aromatic carbocycles. The summed E-state index contributed by atoms with van der Waals surface area (Å²) < 4.78 is 31.1. The molecule has 0 aliphatic carbocycles. The van der Waals surface area contributed by atoms with Gasteiger partial charge in [0.1, 0.15) is 11.6 Å². The van der Waals surface area contributed by atoms with E-state index in [1.807, 2.05) is 17.7 Å². The summed E-state index contributed by atoms with van der Waals surface area (Å²) in [6.07, 6.45) is 4.27. The molecule has 1 amide bonds. The summed E-state index contributed by atoms with van der Waals surface area (Å²) in [4.78, 5) is 25.2. The fourth-order valence-electron chi connectivity index (χ4n) is 2.66. The van der Waals surface area contributed by atoms with Crippen molar-refractivity contribution in [3.05, 3.63) is 72.7 Å². The van der Waals surface area contributed by atoms with Crippen LogP contribution in [0, 0.1) is 5.82 Å². The van der Waals surface area contributed by atoms with Gasteiger partial charge in [0.15, 0.2) is 0 Å². The first-order valence-corrected chi connectivity index (χ1v) is 8.14. The van der Waals surface area contributed by atoms with Crippen LogP contribution < -0.4 is 5.32 Å². The van der Waals surface area contributed by atoms with E-state index in [2.05, 4.69) is 20.3 Å². The molecule has 0 spiro atoms. The third-order valence-corrected chi connectivity index (χ3v) is 4.03. The summed E-state index contributed by atoms with van der Waals surface area (Å²) >= 11 is 0. The molecule has 4 aromatic rings. The number of nitrogens with one attached hydrogen (secondary N) is 1. The summed E-state index contributed by atoms with van der Waals surface area (Å²) in [6, 6.07) is 8.21. The minimum atomic E-state index is -2.34. The van der Waals surface area contributed by atoms with Gasteiger partial charge >= 0.3 is 0 Å². The number of rotatable bonds is 4. The van der Waals surface area contributed by atoms with Crippen LogP contribution in [-0.2, 0) is 18.2 Å². The highest BCUT2D eigenvalue weighted by atomic mass is 19.1. The van der Waals surface area contributed by atoms with E-state index in [4.69, 9.17) is 2.74 Å². The van der Waals surface area contributed by atoms with E-state index in [0.29, 0.717) is 5.69 Å². The second-order valence-electron chi connectivity index (χ2n) is 5.96. The number of benzene rings is 1. The molecule has 7 heteroatoms. The topological polar surface area (TPSA) is 72.7 Å². The Hall–Kier alpha value is -3.61. The Labute approximate surface area is 157 Å². The lowest BCUT2D eigenvalue weighted by molar-refractivity contribution is -0.115. The molecule has 0 bridgehead atoms. The van der Waals surface area contributed by atoms with Gasteiger partial charge in [-0.15, -0.1) is 0 Å². The molecule has 0 saturated carbocycles. The van der Waals surface area contributed by atoms with Crippen molar-refractivity contribution >= 4 is 22.5 Å². The van der Waals surface area contributed by atoms with Crippen LogP contribution in [0.3, 0.4) is 0 Å². The largest absolute Gasteiger partial charge is 0.332 e. The summed E-state index contributed by atoms with van der Waals surface area (Å²) in [5, 5.41) is 4.05. The second kappa shape index (κ2) is 6.95. The number of fused-ring (bicyclic) bond motifs is 1. The van der Waals surface area contributed by atoms with Crippen LogP contribution in [0.15, 0.2) is 61.3 Å². The van der Waals surface area contributed by atoms with Gasteiger partial charge in [-0.3, -0.25) is 9.78 Å². The molecule has 0 radical (unpaired) electrons. The van der Waals surface area contributed by atoms with E-state index in [0.717, 1.165) is 28.6 Å². The number of pyridine rings is 2. The standard InChI is InChI=1S/C20H16FN5O/c1-26-12-22-11-18(26)17-7-14-8-19(24-10-15(14)9-23-17)25-20(27)6-13-2-4-16(21)5-3-13/h2-5,7-12H,6H2,1H3,(H,24,25,27)/i6D2. The molecular weight excluding hydrogens is 345 g/mol. The third kappa shape index (κ3) is 3.67. The SMILES string of the molecule is [2H]C([2H])(C(=O)Nc1cc2cc(-c3cncn3C)ncc2cn1)c1ccc(F)cc1. The summed E-state index contributed by atoms with van der Waals surface area (Å²) in [6.45, 7) is 0. The molecule has 0 saturated heterocycles. The molecular formula is C20H16FN5O. The Morgan fingerprint density at radius 3 is 2.67 bits per heavy atom. The first kappa shape index (κ1) is 14.5. The van der Waals surface area contributed by atoms with Crippen molar-refractivity contribution in [1.29, 1.82) is 0 Å². The highest BCUT2D eigenvalue weighted by Gasteiger charge is 2.09. The number of nitrogens with zero attached hydrogens (tertiary/aromatic N) is 4. The van der Waals surface area contributed by atoms with Crippen molar-refractivity contribution in [1.82, 2.24) is 19.5 Å². The van der Waals surface area contributed by atoms with Gasteiger partial charge in [0.2, 0.25) is 5.91 Å². The normalized spacial score (nSPS) is 12.5. The van der Waals surface area contributed by atoms with Crippen LogP contribution in [0.4, 0.5) is 10.2 Å². The zero-order valence-electron chi connectivity index (χ0n) is 16.3. The molecule has 1 N–H and O–H groups in total. The van der Waals surface area contributed by atoms with Crippen molar-refractivity contribution in [2.75, 3.05) is 5.32 Å². The zero-order valence-corrected chi connectivity index (χ0v) is 14.3. The lowest BCUT2D eigenvalue weighted by Gasteiger charge is -2.07. The van der Waals surface area contributed by atoms with E-state index >= 15 is 0 Å². The monoisotopic (exact) mass is 363 g/mol. The van der Waals surface area contributed by atoms with Gasteiger partial charge in [-0.25, -0.2) is 14.4 Å². The van der Waals surface area contributed by atoms with Crippen LogP contribution in [0.5, 0.6) is 0 Å². The summed E-state index contributed by atoms with van der Waals surface area (Å²) in [5.74, 6) is -1.19. The highest BCUT2D eigenvalue weighted by molar-refractivity contribution is 5.94. The van der Waals surface area contributed by atoms with Crippen LogP contribution in [0.1, 0.15) is 8.30 Å². The van der Waals surface area contributed by atoms with Gasteiger partial charge in [0, 0.05) is 27.6 Å². The van der Waals surface area contributed by atoms with Crippen molar-refractivity contribution in [3.63, 3.8) is 0 Å². The molecule has 6 nitrogen and oxygen atoms in total. The maximum Gasteiger partial charge on any atom is 0.229 e. The molecule has 4 rings (SSSR count). The van der Waals surface area contributed by atoms with Crippen LogP contribution in [0.25, 0.3) is 22.2 Å². The summed E-state index contributed by atoms with van der Waals surface area (Å²) in [7, 11) is 1.87. The van der Waals surface area contributed by atoms with Crippen LogP contribution >= 0.6 is 0 Å². The van der Waals surface area contributed by atoms with E-state index < -0.39 is 18.1 Å². The number of aromatic nitrogens is 4. The van der Waals surface area contributed by atoms with Gasteiger partial charge < -0.3 is 9.88 Å². The minimum absolute atomic E-state index is 0.0554. The van der Waals surface area contributed by atoms with Gasteiger partial charge in [-0.05, 0) is 35.2 Å². The number of anilines is 1. The highest BCUT2D eigenvalue weighted by Crippen LogP contribution is 2.22. The minimum Gasteiger partial charge on any atom is -0.332 e. The van der Waals surface area contributed by atoms with Crippen LogP contribution in [0.2, 0.25) is 0 Å². The molecule has 0 fully saturated rings. The fraction of sp³-hybridized carbons (Fsp3) is 0.100. The lowest BCUT2D eigenvalue weighted by atomic mass is 10.1. The van der Waals surface area contributed by atoms with E-state index in [9.17, 15) is 9.18 Å². The molecule has 0 aliphatic rings. The van der Waals surface area contributed by atoms with Gasteiger partial charge in [-0.1, -0.05) is 12.1 Å². The van der Waals surface area contributed by atoms with E-state index in [1.54, 1.807) is 31.0 Å². The van der Waals surface area contributed by atoms with Crippen molar-refractivity contribution in [3.8, 4) is 11.4 Å². The molecule has 134 valence electrons. The number of carbonyl (C=O) groups excluding carboxylic acids is 1. The molecule has 3 aromatic heterocycles. The predicted octanol–water partition coefficient (Wildman–Crippen LogP) is 3.35. The number of hydrogen-bond donors (Lipinski definition) is 1. The molecule has 3 heterocycles. The number of amides is 1. The number of imidazole rings is 1. The number of aryl methyl sites for hydroxylation is 1. The Morgan fingerprint density at radius 1 is 1.15 bits per heavy atom. The van der Waals surface area contributed by atoms with Crippen molar-refractivity contribution in [2.45, 2.75) is 6.37 Å². The Morgan fingerprint density at radius 2 is 1.93 bits per heavy atom. The van der Waals surface area contributed by atoms with E-state index in [1.165, 1.54) is 12.1 Å². The Kier molecular flexibility index (Phi) is 3.75. The van der Waals surface area contributed by atoms with Gasteiger partial charge in [0.05, 0.1) is 30.3 Å². The predicted molar refractivity (Wildman–Crippen MR) is 100 cm³/mol. The average molecular weight is 363 g/mol. The van der Waals surface area contributed by atoms with Crippen molar-refractivity contribution in [2.24, 2.45) is 7.05 Å². The molecule has 0 atom stereocenters. The van der Waals surface area contributed by atoms with Crippen molar-refractivity contribution < 1.29 is 11.9 Å². The zero-order chi connectivity index (χ0) is 20.6. The lowest BCUT2D eigenvalue weighted by Crippen LogP contribution is -2.15. The first-order valence-electron chi connectivity index (χ1n) is 9.14. The first-order chi connectivity index (χ1) is 13.8. The van der Waals surface area contributed by atoms with Gasteiger partial charge in [0.25, 0.3) is 0 Å². The number of hydrogen-bond acceptors (Lipinski definition) is 4. The summed E-state index contributed by atoms with van der Waals surface area (Å²) in [5.41, 5.74) is 1.60. The maximum absolute atomic E-state index is 13.1. The third-order valence-electron chi connectivity index (χ3n) is 4.03. The smallest absolute Gasteiger partial charge is 0.229 e. The number of carbonyl (C=O) groups is 1.